The maximum atomic E-state index is 5.73. The van der Waals surface area contributed by atoms with Crippen molar-refractivity contribution in [3.05, 3.63) is 11.8 Å². The summed E-state index contributed by atoms with van der Waals surface area (Å²) in [5.74, 6) is 1.47. The largest absolute Gasteiger partial charge is 0.384 e. The van der Waals surface area contributed by atoms with Crippen LogP contribution in [0.5, 0.6) is 0 Å². The van der Waals surface area contributed by atoms with E-state index in [0.29, 0.717) is 6.10 Å². The number of nitrogens with two attached hydrogens (primary N) is 1. The van der Waals surface area contributed by atoms with E-state index in [-0.39, 0.29) is 0 Å². The Bertz CT molecular complexity index is 309. The molecule has 0 amide bonds. The molecule has 2 N–H and O–H groups in total. The van der Waals surface area contributed by atoms with E-state index < -0.39 is 0 Å². The van der Waals surface area contributed by atoms with Gasteiger partial charge in [-0.3, -0.25) is 4.68 Å². The highest BCUT2D eigenvalue weighted by Gasteiger charge is 2.30. The highest BCUT2D eigenvalue weighted by molar-refractivity contribution is 5.30. The number of hydrogen-bond acceptors (Lipinski definition) is 3. The Hall–Kier alpha value is -1.03. The molecule has 1 fully saturated rings. The summed E-state index contributed by atoms with van der Waals surface area (Å²) in [4.78, 5) is 0. The average molecular weight is 209 g/mol. The normalized spacial score (nSPS) is 25.2. The van der Waals surface area contributed by atoms with Gasteiger partial charge in [0.1, 0.15) is 5.82 Å². The Morgan fingerprint density at radius 1 is 1.60 bits per heavy atom. The fraction of sp³-hybridized carbons (Fsp3) is 0.727. The minimum atomic E-state index is 0.487. The van der Waals surface area contributed by atoms with Crippen LogP contribution in [-0.2, 0) is 18.2 Å². The first-order valence-corrected chi connectivity index (χ1v) is 5.59. The second-order valence-corrected chi connectivity index (χ2v) is 4.30. The van der Waals surface area contributed by atoms with Crippen LogP contribution in [0.25, 0.3) is 0 Å². The number of hydrogen-bond donors (Lipinski definition) is 1. The van der Waals surface area contributed by atoms with Crippen molar-refractivity contribution in [3.8, 4) is 0 Å². The van der Waals surface area contributed by atoms with Gasteiger partial charge in [0.2, 0.25) is 0 Å². The van der Waals surface area contributed by atoms with Crippen LogP contribution in [0, 0.1) is 5.92 Å². The maximum Gasteiger partial charge on any atom is 0.121 e. The predicted molar refractivity (Wildman–Crippen MR) is 59.5 cm³/mol. The summed E-state index contributed by atoms with van der Waals surface area (Å²) >= 11 is 0. The van der Waals surface area contributed by atoms with Gasteiger partial charge in [-0.15, -0.1) is 0 Å². The van der Waals surface area contributed by atoms with Crippen LogP contribution >= 0.6 is 0 Å². The Labute approximate surface area is 90.4 Å². The monoisotopic (exact) mass is 209 g/mol. The van der Waals surface area contributed by atoms with Gasteiger partial charge >= 0.3 is 0 Å². The molecule has 0 aliphatic heterocycles. The number of ether oxygens (including phenoxy) is 1. The summed E-state index contributed by atoms with van der Waals surface area (Å²) in [6, 6.07) is 1.97. The molecule has 1 heterocycles. The highest BCUT2D eigenvalue weighted by Crippen LogP contribution is 2.32. The lowest BCUT2D eigenvalue weighted by Crippen LogP contribution is -2.32. The van der Waals surface area contributed by atoms with Crippen molar-refractivity contribution in [2.75, 3.05) is 12.3 Å². The van der Waals surface area contributed by atoms with Crippen LogP contribution in [0.1, 0.15) is 25.5 Å². The summed E-state index contributed by atoms with van der Waals surface area (Å²) in [6.45, 7) is 2.88. The van der Waals surface area contributed by atoms with Crippen LogP contribution in [0.3, 0.4) is 0 Å². The molecule has 2 rings (SSSR count). The smallest absolute Gasteiger partial charge is 0.121 e. The number of aromatic nitrogens is 2. The SMILES string of the molecule is CCOC1CC(Cc2cc(N)n(C)n2)C1. The molecule has 1 saturated carbocycles. The molecule has 0 aromatic carbocycles. The Kier molecular flexibility index (Phi) is 2.95. The van der Waals surface area contributed by atoms with Gasteiger partial charge in [-0.05, 0) is 32.1 Å². The zero-order valence-electron chi connectivity index (χ0n) is 9.44. The fourth-order valence-corrected chi connectivity index (χ4v) is 2.15. The number of nitrogens with zero attached hydrogens (tertiary/aromatic N) is 2. The van der Waals surface area contributed by atoms with E-state index in [1.807, 2.05) is 20.0 Å². The molecular weight excluding hydrogens is 190 g/mol. The first-order chi connectivity index (χ1) is 7.19. The van der Waals surface area contributed by atoms with Gasteiger partial charge < -0.3 is 10.5 Å². The average Bonchev–Trinajstić information content (AvgIpc) is 2.43. The topological polar surface area (TPSA) is 53.1 Å². The van der Waals surface area contributed by atoms with Crippen molar-refractivity contribution in [2.24, 2.45) is 13.0 Å². The number of rotatable bonds is 4. The standard InChI is InChI=1S/C11H19N3O/c1-3-15-10-5-8(6-10)4-9-7-11(12)14(2)13-9/h7-8,10H,3-6,12H2,1-2H3. The van der Waals surface area contributed by atoms with E-state index in [2.05, 4.69) is 5.10 Å². The molecule has 0 bridgehead atoms. The number of anilines is 1. The van der Waals surface area contributed by atoms with E-state index in [1.54, 1.807) is 4.68 Å². The molecule has 1 aromatic heterocycles. The van der Waals surface area contributed by atoms with Gasteiger partial charge in [0.15, 0.2) is 0 Å². The van der Waals surface area contributed by atoms with Crippen LogP contribution < -0.4 is 5.73 Å². The van der Waals surface area contributed by atoms with E-state index in [1.165, 1.54) is 12.8 Å². The van der Waals surface area contributed by atoms with E-state index in [4.69, 9.17) is 10.5 Å². The van der Waals surface area contributed by atoms with Crippen LogP contribution in [0.2, 0.25) is 0 Å². The van der Waals surface area contributed by atoms with Crippen LogP contribution in [0.15, 0.2) is 6.07 Å². The third kappa shape index (κ3) is 2.31. The van der Waals surface area contributed by atoms with Gasteiger partial charge in [0.25, 0.3) is 0 Å². The molecule has 1 aliphatic rings. The molecule has 0 unspecified atom stereocenters. The van der Waals surface area contributed by atoms with E-state index >= 15 is 0 Å². The third-order valence-electron chi connectivity index (χ3n) is 3.06. The van der Waals surface area contributed by atoms with E-state index in [0.717, 1.165) is 30.5 Å². The molecule has 1 aromatic rings. The summed E-state index contributed by atoms with van der Waals surface area (Å²) in [7, 11) is 1.88. The highest BCUT2D eigenvalue weighted by atomic mass is 16.5. The predicted octanol–water partition coefficient (Wildman–Crippen LogP) is 1.36. The van der Waals surface area contributed by atoms with Crippen molar-refractivity contribution in [2.45, 2.75) is 32.3 Å². The summed E-state index contributed by atoms with van der Waals surface area (Å²) in [5.41, 5.74) is 6.83. The molecule has 0 saturated heterocycles. The zero-order chi connectivity index (χ0) is 10.8. The quantitative estimate of drug-likeness (QED) is 0.814. The van der Waals surface area contributed by atoms with Crippen molar-refractivity contribution < 1.29 is 4.74 Å². The molecule has 15 heavy (non-hydrogen) atoms. The molecule has 4 nitrogen and oxygen atoms in total. The van der Waals surface area contributed by atoms with Crippen molar-refractivity contribution in [1.82, 2.24) is 9.78 Å². The fourth-order valence-electron chi connectivity index (χ4n) is 2.15. The van der Waals surface area contributed by atoms with E-state index in [9.17, 15) is 0 Å². The van der Waals surface area contributed by atoms with Gasteiger partial charge in [-0.25, -0.2) is 0 Å². The third-order valence-corrected chi connectivity index (χ3v) is 3.06. The second-order valence-electron chi connectivity index (χ2n) is 4.30. The Morgan fingerprint density at radius 2 is 2.33 bits per heavy atom. The first-order valence-electron chi connectivity index (χ1n) is 5.59. The van der Waals surface area contributed by atoms with Crippen molar-refractivity contribution in [3.63, 3.8) is 0 Å². The second kappa shape index (κ2) is 4.23. The molecule has 0 atom stereocenters. The zero-order valence-corrected chi connectivity index (χ0v) is 9.44. The lowest BCUT2D eigenvalue weighted by atomic mass is 9.79. The molecule has 0 spiro atoms. The Balaban J connectivity index is 1.80. The molecule has 84 valence electrons. The lowest BCUT2D eigenvalue weighted by Gasteiger charge is -2.34. The lowest BCUT2D eigenvalue weighted by molar-refractivity contribution is -0.0243. The van der Waals surface area contributed by atoms with Gasteiger partial charge in [0, 0.05) is 19.7 Å². The number of nitrogen functional groups attached to an aromatic ring is 1. The minimum Gasteiger partial charge on any atom is -0.384 e. The maximum absolute atomic E-state index is 5.73. The summed E-state index contributed by atoms with van der Waals surface area (Å²) < 4.78 is 7.25. The summed E-state index contributed by atoms with van der Waals surface area (Å²) in [5, 5.41) is 4.35. The molecule has 1 aliphatic carbocycles. The molecular formula is C11H19N3O. The number of aryl methyl sites for hydroxylation is 1. The van der Waals surface area contributed by atoms with Crippen molar-refractivity contribution in [1.29, 1.82) is 0 Å². The van der Waals surface area contributed by atoms with Gasteiger partial charge in [-0.2, -0.15) is 5.10 Å². The van der Waals surface area contributed by atoms with Crippen molar-refractivity contribution >= 4 is 5.82 Å². The van der Waals surface area contributed by atoms with Gasteiger partial charge in [0.05, 0.1) is 11.8 Å². The molecule has 4 heteroatoms. The van der Waals surface area contributed by atoms with Crippen LogP contribution in [-0.4, -0.2) is 22.5 Å². The van der Waals surface area contributed by atoms with Gasteiger partial charge in [-0.1, -0.05) is 0 Å². The Morgan fingerprint density at radius 3 is 2.87 bits per heavy atom. The molecule has 0 radical (unpaired) electrons. The first kappa shape index (κ1) is 10.5. The van der Waals surface area contributed by atoms with Crippen LogP contribution in [0.4, 0.5) is 5.82 Å². The summed E-state index contributed by atoms with van der Waals surface area (Å²) in [6.07, 6.45) is 3.87. The minimum absolute atomic E-state index is 0.487.